The second-order valence-corrected chi connectivity index (χ2v) is 24.0. The molecule has 4 fully saturated rings. The van der Waals surface area contributed by atoms with Crippen LogP contribution in [0.3, 0.4) is 0 Å². The average molecular weight is 1220 g/mol. The van der Waals surface area contributed by atoms with E-state index in [0.717, 1.165) is 4.90 Å². The average Bonchev–Trinajstić information content (AvgIpc) is 1.90. The summed E-state index contributed by atoms with van der Waals surface area (Å²) < 4.78 is 102. The lowest BCUT2D eigenvalue weighted by Crippen LogP contribution is -2.57. The molecule has 26 heteroatoms. The van der Waals surface area contributed by atoms with E-state index >= 15 is 17.6 Å². The first-order chi connectivity index (χ1) is 40.2. The van der Waals surface area contributed by atoms with Crippen LogP contribution in [-0.2, 0) is 54.7 Å². The number of methoxy groups -OCH3 is 1. The van der Waals surface area contributed by atoms with E-state index in [1.54, 1.807) is 90.1 Å². The predicted octanol–water partition coefficient (Wildman–Crippen LogP) is 8.97. The van der Waals surface area contributed by atoms with Crippen molar-refractivity contribution in [3.8, 4) is 11.8 Å². The van der Waals surface area contributed by atoms with Gasteiger partial charge in [-0.3, -0.25) is 9.59 Å². The van der Waals surface area contributed by atoms with Crippen molar-refractivity contribution in [3.63, 3.8) is 0 Å². The van der Waals surface area contributed by atoms with E-state index in [-0.39, 0.29) is 65.0 Å². The molecule has 2 saturated heterocycles. The molecule has 87 heavy (non-hydrogen) atoms. The minimum Gasteiger partial charge on any atom is -0.480 e. The van der Waals surface area contributed by atoms with Gasteiger partial charge in [-0.05, 0) is 85.8 Å². The number of benzene rings is 2. The fraction of sp³-hybridized carbons (Fsp3) is 0.574. The van der Waals surface area contributed by atoms with E-state index in [2.05, 4.69) is 30.6 Å². The van der Waals surface area contributed by atoms with Crippen LogP contribution in [0.25, 0.3) is 22.1 Å². The fourth-order valence-corrected chi connectivity index (χ4v) is 11.3. The molecule has 4 aliphatic heterocycles. The van der Waals surface area contributed by atoms with Gasteiger partial charge in [-0.2, -0.15) is 17.6 Å². The first kappa shape index (κ1) is 66.8. The van der Waals surface area contributed by atoms with E-state index in [0.29, 0.717) is 61.7 Å². The smallest absolute Gasteiger partial charge is 0.408 e. The molecular weight excluding hydrogens is 1140 g/mol. The Labute approximate surface area is 502 Å². The lowest BCUT2D eigenvalue weighted by Gasteiger charge is -2.35. The third-order valence-electron chi connectivity index (χ3n) is 15.6. The van der Waals surface area contributed by atoms with Gasteiger partial charge in [-0.1, -0.05) is 92.8 Å². The molecule has 6 heterocycles. The van der Waals surface area contributed by atoms with E-state index < -0.39 is 143 Å². The van der Waals surface area contributed by atoms with Crippen LogP contribution >= 0.6 is 0 Å². The number of alkyl carbamates (subject to hydrolysis) is 2. The van der Waals surface area contributed by atoms with Crippen LogP contribution in [0, 0.1) is 10.8 Å². The number of fused-ring (bicyclic) bond motifs is 10. The maximum absolute atomic E-state index is 15.7. The van der Waals surface area contributed by atoms with Crippen LogP contribution in [-0.4, -0.2) is 165 Å². The third-order valence-corrected chi connectivity index (χ3v) is 15.6. The van der Waals surface area contributed by atoms with Gasteiger partial charge in [0.2, 0.25) is 23.6 Å². The molecule has 2 aromatic carbocycles. The van der Waals surface area contributed by atoms with Crippen LogP contribution in [0.1, 0.15) is 119 Å². The summed E-state index contributed by atoms with van der Waals surface area (Å²) in [5.74, 6) is -11.3. The molecule has 22 nitrogen and oxygen atoms in total. The zero-order valence-electron chi connectivity index (χ0n) is 48.1. The standard InChI is InChI=1S/C30H36F2N4O7.C29H34F2N4O7.2CH4/c1-29(2,3)24-26(37)36-16-17(15-20(36)27(38)40-4)42-25-23(33-18-9-5-6-10-19(18)34-25)30(31,32)13-8-14-41-21-11-7-12-22(21)43-28(39)35-24;1-28(2,3)23-25(36)35-15-16(14-19(35)26(37)38)41-24-22(32-17-8-4-5-9-18(17)33-24)29(30,31)12-7-13-40-20-10-6-11-21(20)42-27(39)34-23;;/h5-6,8-10,13,17,20-22,24H,7,11-12,14-16H2,1-4H3,(H,35,39);4-5,7-9,12,16,19-21,23H,6,10-11,13-15H2,1-3H3,(H,34,39)(H,37,38);2*1H4/b13-8+;12-7+;;/t17-,20+,21-,22-,24-;16-,19+,20-,21-,23-;;/m11../s1. The summed E-state index contributed by atoms with van der Waals surface area (Å²) in [6.45, 7) is 9.81. The Morgan fingerprint density at radius 1 is 0.586 bits per heavy atom. The number of para-hydroxylation sites is 4. The number of rotatable bonds is 2. The van der Waals surface area contributed by atoms with Gasteiger partial charge in [0.05, 0.1) is 67.7 Å². The summed E-state index contributed by atoms with van der Waals surface area (Å²) in [5.41, 5.74) is -1.92. The minimum atomic E-state index is -3.62. The summed E-state index contributed by atoms with van der Waals surface area (Å²) in [7, 11) is 1.19. The van der Waals surface area contributed by atoms with E-state index in [1.807, 2.05) is 0 Å². The van der Waals surface area contributed by atoms with Gasteiger partial charge in [0.15, 0.2) is 11.4 Å². The summed E-state index contributed by atoms with van der Waals surface area (Å²) in [6, 6.07) is 8.39. The number of carbonyl (C=O) groups is 6. The molecular formula is C61H78F4N8O14. The molecule has 0 spiro atoms. The molecule has 0 unspecified atom stereocenters. The quantitative estimate of drug-likeness (QED) is 0.0731. The minimum absolute atomic E-state index is 0. The van der Waals surface area contributed by atoms with Crippen molar-refractivity contribution in [3.05, 3.63) is 84.2 Å². The van der Waals surface area contributed by atoms with Crippen LogP contribution in [0.4, 0.5) is 27.2 Å². The number of carboxylic acids is 1. The largest absolute Gasteiger partial charge is 0.480 e. The number of hydrogen-bond acceptors (Lipinski definition) is 17. The molecule has 10 rings (SSSR count). The maximum atomic E-state index is 15.7. The summed E-state index contributed by atoms with van der Waals surface area (Å²) in [5, 5.41) is 15.3. The Balaban J connectivity index is 0.000000243. The maximum Gasteiger partial charge on any atom is 0.408 e. The highest BCUT2D eigenvalue weighted by atomic mass is 19.3. The molecule has 2 aromatic heterocycles. The zero-order chi connectivity index (χ0) is 61.2. The number of hydrogen-bond donors (Lipinski definition) is 3. The van der Waals surface area contributed by atoms with Gasteiger partial charge in [-0.15, -0.1) is 0 Å². The van der Waals surface area contributed by atoms with Gasteiger partial charge >= 0.3 is 36.0 Å². The Morgan fingerprint density at radius 3 is 1.33 bits per heavy atom. The second kappa shape index (κ2) is 27.1. The number of amides is 4. The Kier molecular flexibility index (Phi) is 20.8. The van der Waals surface area contributed by atoms with Crippen molar-refractivity contribution in [1.29, 1.82) is 0 Å². The topological polar surface area (TPSA) is 269 Å². The third kappa shape index (κ3) is 15.3. The number of halogens is 4. The van der Waals surface area contributed by atoms with Crippen molar-refractivity contribution in [2.24, 2.45) is 10.8 Å². The number of aliphatic carboxylic acids is 1. The van der Waals surface area contributed by atoms with Crippen molar-refractivity contribution in [2.45, 2.75) is 180 Å². The molecule has 6 aliphatic rings. The Morgan fingerprint density at radius 2 is 0.954 bits per heavy atom. The number of esters is 1. The number of allylic oxidation sites excluding steroid dienone is 2. The first-order valence-corrected chi connectivity index (χ1v) is 28.3. The zero-order valence-corrected chi connectivity index (χ0v) is 48.1. The Hall–Kier alpha value is -7.74. The van der Waals surface area contributed by atoms with Gasteiger partial charge in [0, 0.05) is 12.8 Å². The molecule has 4 amide bonds. The lowest BCUT2D eigenvalue weighted by molar-refractivity contribution is -0.152. The summed E-state index contributed by atoms with van der Waals surface area (Å²) >= 11 is 0. The van der Waals surface area contributed by atoms with Crippen molar-refractivity contribution < 1.29 is 84.6 Å². The van der Waals surface area contributed by atoms with Crippen molar-refractivity contribution in [2.75, 3.05) is 33.4 Å². The van der Waals surface area contributed by atoms with E-state index in [1.165, 1.54) is 24.2 Å². The number of carbonyl (C=O) groups excluding carboxylic acids is 5. The highest BCUT2D eigenvalue weighted by Crippen LogP contribution is 2.40. The highest BCUT2D eigenvalue weighted by molar-refractivity contribution is 5.92. The SMILES string of the molecule is C.C.CC(C)(C)[C@@H]1NC(=O)O[C@@H]2CCC[C@H]2OC/C=C/C(F)(F)c2nc3ccccc3nc2O[C@@H]2C[C@@H](C(=O)O)N(C2)C1=O.COC(=O)[C@@H]1C[C@@H]2CN1C(=O)[C@H](C(C)(C)C)NC(=O)O[C@@H]1CCC[C@H]1OC/C=C/C(F)(F)c1nc3ccccc3nc1O2. The van der Waals surface area contributed by atoms with E-state index in [9.17, 15) is 33.9 Å². The number of ether oxygens (including phenoxy) is 7. The number of aromatic nitrogens is 4. The monoisotopic (exact) mass is 1220 g/mol. The van der Waals surface area contributed by atoms with Crippen molar-refractivity contribution in [1.82, 2.24) is 40.4 Å². The second-order valence-electron chi connectivity index (χ2n) is 24.0. The number of nitrogens with one attached hydrogen (secondary N) is 2. The Bertz CT molecular complexity index is 3230. The highest BCUT2D eigenvalue weighted by Gasteiger charge is 2.50. The van der Waals surface area contributed by atoms with Gasteiger partial charge in [0.1, 0.15) is 48.6 Å². The number of nitrogens with zero attached hydrogens (tertiary/aromatic N) is 6. The van der Waals surface area contributed by atoms with Crippen LogP contribution in [0.15, 0.2) is 72.8 Å². The number of alkyl halides is 4. The summed E-state index contributed by atoms with van der Waals surface area (Å²) in [6.07, 6.45) is 1.22. The molecule has 10 atom stereocenters. The molecule has 3 N–H and O–H groups in total. The predicted molar refractivity (Wildman–Crippen MR) is 308 cm³/mol. The lowest BCUT2D eigenvalue weighted by atomic mass is 9.85. The van der Waals surface area contributed by atoms with Gasteiger partial charge in [-0.25, -0.2) is 39.1 Å². The first-order valence-electron chi connectivity index (χ1n) is 28.3. The molecule has 4 bridgehead atoms. The normalized spacial score (nSPS) is 28.4. The van der Waals surface area contributed by atoms with Crippen LogP contribution in [0.2, 0.25) is 0 Å². The summed E-state index contributed by atoms with van der Waals surface area (Å²) in [4.78, 5) is 98.2. The van der Waals surface area contributed by atoms with Crippen molar-refractivity contribution >= 4 is 58.0 Å². The molecule has 2 saturated carbocycles. The molecule has 4 aromatic rings. The van der Waals surface area contributed by atoms with Gasteiger partial charge < -0.3 is 58.7 Å². The number of carboxylic acid groups (broad SMARTS) is 1. The molecule has 0 radical (unpaired) electrons. The molecule has 474 valence electrons. The van der Waals surface area contributed by atoms with Crippen LogP contribution < -0.4 is 20.1 Å². The van der Waals surface area contributed by atoms with E-state index in [4.69, 9.17) is 33.2 Å². The molecule has 2 aliphatic carbocycles. The van der Waals surface area contributed by atoms with Crippen LogP contribution in [0.5, 0.6) is 11.8 Å². The fourth-order valence-electron chi connectivity index (χ4n) is 11.3. The van der Waals surface area contributed by atoms with Gasteiger partial charge in [0.25, 0.3) is 0 Å².